The molecule has 0 aromatic rings. The third-order valence-electron chi connectivity index (χ3n) is 8.58. The number of carbonyl (C=O) groups is 3. The number of ether oxygens (including phenoxy) is 2. The van der Waals surface area contributed by atoms with Crippen molar-refractivity contribution < 1.29 is 82.8 Å². The Morgan fingerprint density at radius 3 is 1.44 bits per heavy atom. The predicted octanol–water partition coefficient (Wildman–Crippen LogP) is 4.93. The fourth-order valence-electron chi connectivity index (χ4n) is 5.24. The minimum absolute atomic E-state index is 0. The largest absolute Gasteiger partial charge is 1.00 e. The van der Waals surface area contributed by atoms with E-state index in [1.165, 1.54) is 38.5 Å². The zero-order chi connectivity index (χ0) is 40.0. The molecule has 0 aromatic heterocycles. The van der Waals surface area contributed by atoms with Crippen molar-refractivity contribution in [3.8, 4) is 0 Å². The normalized spacial score (nSPS) is 14.0. The molecule has 312 valence electrons. The fraction of sp³-hybridized carbons (Fsp3) is 0.738. The molecular formula is C42H73NNaO10P. The summed E-state index contributed by atoms with van der Waals surface area (Å²) in [5, 5.41) is 10.8. The molecule has 0 aromatic carbocycles. The number of rotatable bonds is 38. The van der Waals surface area contributed by atoms with Gasteiger partial charge in [-0.1, -0.05) is 127 Å². The molecule has 1 unspecified atom stereocenters. The SMILES string of the molecule is CCCCC/C=C\C/C=C\CCCCCCCC(=O)OC[C@H](COP(=O)([O-])OC[C@H]([NH3+])C(=O)[O-])OC(=O)CCCCCCC/C=C\C/C=C\CCCCC.[Na+]. The van der Waals surface area contributed by atoms with Crippen LogP contribution < -0.4 is 45.3 Å². The summed E-state index contributed by atoms with van der Waals surface area (Å²) in [7, 11) is -4.96. The topological polar surface area (TPSA) is 179 Å². The maximum absolute atomic E-state index is 12.6. The van der Waals surface area contributed by atoms with Crippen LogP contribution in [0.1, 0.15) is 168 Å². The molecule has 0 saturated carbocycles. The summed E-state index contributed by atoms with van der Waals surface area (Å²) in [5.74, 6) is -2.62. The van der Waals surface area contributed by atoms with E-state index in [0.29, 0.717) is 12.8 Å². The Bertz CT molecular complexity index is 1110. The standard InChI is InChI=1S/C42H74NO10P.Na/c1-3-5-7-9-11-13-15-17-19-21-23-25-27-29-31-33-40(44)50-35-38(36-51-54(48,49)52-37-39(43)42(46)47)53-41(45)34-32-30-28-26-24-22-20-18-16-14-12-10-8-6-4-2;/h11-14,17-20,38-39H,3-10,15-16,21-37,43H2,1-2H3,(H,46,47)(H,48,49);/q;+1/p-1/b13-11-,14-12-,19-17-,20-18-;/t38-,39+;/m1./s1. The van der Waals surface area contributed by atoms with Crippen LogP contribution in [-0.4, -0.2) is 49.9 Å². The third kappa shape index (κ3) is 40.4. The predicted molar refractivity (Wildman–Crippen MR) is 211 cm³/mol. The van der Waals surface area contributed by atoms with Crippen molar-refractivity contribution in [1.29, 1.82) is 0 Å². The van der Waals surface area contributed by atoms with Gasteiger partial charge in [-0.2, -0.15) is 0 Å². The van der Waals surface area contributed by atoms with E-state index in [1.807, 2.05) is 0 Å². The first-order valence-electron chi connectivity index (χ1n) is 20.7. The minimum Gasteiger partial charge on any atom is -0.756 e. The van der Waals surface area contributed by atoms with Crippen LogP contribution in [0.2, 0.25) is 0 Å². The smallest absolute Gasteiger partial charge is 0.756 e. The van der Waals surface area contributed by atoms with Crippen molar-refractivity contribution in [2.45, 2.75) is 180 Å². The summed E-state index contributed by atoms with van der Waals surface area (Å²) in [5.41, 5.74) is 3.23. The molecule has 0 aliphatic rings. The molecule has 3 N–H and O–H groups in total. The number of carbonyl (C=O) groups excluding carboxylic acids is 3. The first-order valence-corrected chi connectivity index (χ1v) is 22.2. The molecule has 0 aliphatic heterocycles. The van der Waals surface area contributed by atoms with E-state index < -0.39 is 51.1 Å². The Labute approximate surface area is 355 Å². The van der Waals surface area contributed by atoms with E-state index in [2.05, 4.69) is 72.7 Å². The monoisotopic (exact) mass is 805 g/mol. The minimum atomic E-state index is -4.96. The van der Waals surface area contributed by atoms with Crippen LogP contribution in [0.15, 0.2) is 48.6 Å². The molecule has 0 fully saturated rings. The summed E-state index contributed by atoms with van der Waals surface area (Å²) in [4.78, 5) is 48.0. The van der Waals surface area contributed by atoms with Crippen LogP contribution >= 0.6 is 7.82 Å². The number of phosphoric acid groups is 1. The van der Waals surface area contributed by atoms with Gasteiger partial charge in [-0.25, -0.2) is 0 Å². The quantitative estimate of drug-likeness (QED) is 0.0296. The van der Waals surface area contributed by atoms with Crippen molar-refractivity contribution in [1.82, 2.24) is 0 Å². The number of phosphoric ester groups is 1. The fourth-order valence-corrected chi connectivity index (χ4v) is 6.03. The summed E-state index contributed by atoms with van der Waals surface area (Å²) in [6.07, 6.45) is 40.1. The molecule has 11 nitrogen and oxygen atoms in total. The van der Waals surface area contributed by atoms with Crippen LogP contribution in [0.3, 0.4) is 0 Å². The Hall–Kier alpha value is -1.56. The van der Waals surface area contributed by atoms with Gasteiger partial charge in [-0.15, -0.1) is 0 Å². The number of aliphatic carboxylic acids is 1. The molecule has 0 bridgehead atoms. The van der Waals surface area contributed by atoms with Crippen LogP contribution in [0.5, 0.6) is 0 Å². The van der Waals surface area contributed by atoms with E-state index in [0.717, 1.165) is 89.9 Å². The van der Waals surface area contributed by atoms with E-state index in [9.17, 15) is 28.9 Å². The molecule has 0 saturated heterocycles. The molecule has 0 rings (SSSR count). The molecule has 55 heavy (non-hydrogen) atoms. The average Bonchev–Trinajstić information content (AvgIpc) is 3.14. The van der Waals surface area contributed by atoms with Gasteiger partial charge in [-0.3, -0.25) is 14.2 Å². The number of carboxylic acid groups (broad SMARTS) is 1. The van der Waals surface area contributed by atoms with Gasteiger partial charge in [0.1, 0.15) is 25.2 Å². The second-order valence-corrected chi connectivity index (χ2v) is 15.2. The van der Waals surface area contributed by atoms with Crippen LogP contribution in [0.25, 0.3) is 0 Å². The first-order chi connectivity index (χ1) is 26.1. The van der Waals surface area contributed by atoms with Crippen LogP contribution in [-0.2, 0) is 37.5 Å². The maximum atomic E-state index is 12.6. The van der Waals surface area contributed by atoms with Crippen LogP contribution in [0, 0.1) is 0 Å². The van der Waals surface area contributed by atoms with Gasteiger partial charge < -0.3 is 39.0 Å². The first kappa shape index (κ1) is 55.5. The van der Waals surface area contributed by atoms with Gasteiger partial charge in [0.05, 0.1) is 6.61 Å². The summed E-state index contributed by atoms with van der Waals surface area (Å²) in [6, 6.07) is -1.43. The van der Waals surface area contributed by atoms with E-state index in [-0.39, 0.29) is 49.0 Å². The van der Waals surface area contributed by atoms with Crippen molar-refractivity contribution in [3.63, 3.8) is 0 Å². The molecule has 0 spiro atoms. The van der Waals surface area contributed by atoms with E-state index in [1.54, 1.807) is 0 Å². The molecule has 0 heterocycles. The van der Waals surface area contributed by atoms with Crippen molar-refractivity contribution >= 4 is 25.7 Å². The molecule has 3 atom stereocenters. The van der Waals surface area contributed by atoms with Gasteiger partial charge in [0.15, 0.2) is 6.10 Å². The second-order valence-electron chi connectivity index (χ2n) is 13.8. The third-order valence-corrected chi connectivity index (χ3v) is 9.51. The summed E-state index contributed by atoms with van der Waals surface area (Å²) < 4.78 is 32.3. The number of hydrogen-bond donors (Lipinski definition) is 1. The van der Waals surface area contributed by atoms with Gasteiger partial charge in [-0.05, 0) is 77.0 Å². The zero-order valence-electron chi connectivity index (χ0n) is 34.6. The number of unbranched alkanes of at least 4 members (excludes halogenated alkanes) is 16. The van der Waals surface area contributed by atoms with E-state index >= 15 is 0 Å². The Balaban J connectivity index is 0. The van der Waals surface area contributed by atoms with E-state index in [4.69, 9.17) is 14.0 Å². The summed E-state index contributed by atoms with van der Waals surface area (Å²) >= 11 is 0. The van der Waals surface area contributed by atoms with Crippen molar-refractivity contribution in [3.05, 3.63) is 48.6 Å². The molecule has 0 aliphatic carbocycles. The summed E-state index contributed by atoms with van der Waals surface area (Å²) in [6.45, 7) is 2.61. The number of carboxylic acids is 1. The maximum Gasteiger partial charge on any atom is 1.00 e. The zero-order valence-corrected chi connectivity index (χ0v) is 37.5. The number of allylic oxidation sites excluding steroid dienone is 8. The number of quaternary nitrogens is 1. The molecule has 13 heteroatoms. The van der Waals surface area contributed by atoms with Gasteiger partial charge in [0.25, 0.3) is 7.82 Å². The molecule has 0 radical (unpaired) electrons. The van der Waals surface area contributed by atoms with Gasteiger partial charge >= 0.3 is 41.5 Å². The van der Waals surface area contributed by atoms with Crippen molar-refractivity contribution in [2.75, 3.05) is 19.8 Å². The van der Waals surface area contributed by atoms with Gasteiger partial charge in [0, 0.05) is 12.8 Å². The number of hydrogen-bond acceptors (Lipinski definition) is 10. The molecular weight excluding hydrogens is 732 g/mol. The van der Waals surface area contributed by atoms with Crippen LogP contribution in [0.4, 0.5) is 0 Å². The average molecular weight is 806 g/mol. The second kappa shape index (κ2) is 40.6. The van der Waals surface area contributed by atoms with Crippen molar-refractivity contribution in [2.24, 2.45) is 0 Å². The Morgan fingerprint density at radius 1 is 0.582 bits per heavy atom. The Morgan fingerprint density at radius 2 is 0.982 bits per heavy atom. The number of esters is 2. The van der Waals surface area contributed by atoms with Gasteiger partial charge in [0.2, 0.25) is 0 Å². The molecule has 0 amide bonds. The Kier molecular flexibility index (Phi) is 41.0.